The molecule has 3 nitrogen and oxygen atoms in total. The van der Waals surface area contributed by atoms with E-state index in [1.807, 2.05) is 13.0 Å². The van der Waals surface area contributed by atoms with Gasteiger partial charge in [-0.2, -0.15) is 0 Å². The molecule has 134 valence electrons. The van der Waals surface area contributed by atoms with Crippen LogP contribution in [0, 0.1) is 5.92 Å². The quantitative estimate of drug-likeness (QED) is 0.807. The lowest BCUT2D eigenvalue weighted by molar-refractivity contribution is -0.134. The summed E-state index contributed by atoms with van der Waals surface area (Å²) in [6.45, 7) is 7.27. The minimum atomic E-state index is -0.187. The van der Waals surface area contributed by atoms with E-state index in [0.717, 1.165) is 19.4 Å². The molecule has 3 atom stereocenters. The maximum absolute atomic E-state index is 13.1. The fraction of sp³-hybridized carbons (Fsp3) is 0.476. The van der Waals surface area contributed by atoms with E-state index in [9.17, 15) is 4.79 Å². The molecule has 1 aliphatic rings. The van der Waals surface area contributed by atoms with Crippen LogP contribution in [0.1, 0.15) is 56.1 Å². The number of benzene rings is 1. The van der Waals surface area contributed by atoms with Gasteiger partial charge in [0.25, 0.3) is 0 Å². The number of amides is 1. The monoisotopic (exact) mass is 356 g/mol. The molecule has 3 rings (SSSR count). The number of likely N-dealkylation sites (tertiary alicyclic amines) is 1. The molecule has 1 aromatic carbocycles. The molecule has 4 heteroatoms. The average Bonchev–Trinajstić information content (AvgIpc) is 3.29. The second-order valence-electron chi connectivity index (χ2n) is 7.23. The maximum Gasteiger partial charge on any atom is 0.239 e. The standard InChI is InChI=1S/C21H28N2OS/c1-15(2)20(17-9-5-4-6-10-17)22-16(3)21(24)23-13-7-11-18(23)19-12-8-14-25-19/h4-6,8-10,12,14-16,18,20,22H,7,11,13H2,1-3H3. The van der Waals surface area contributed by atoms with Gasteiger partial charge in [-0.25, -0.2) is 0 Å². The molecule has 0 aliphatic carbocycles. The van der Waals surface area contributed by atoms with Crippen LogP contribution in [0.15, 0.2) is 47.8 Å². The van der Waals surface area contributed by atoms with E-state index in [1.165, 1.54) is 10.4 Å². The van der Waals surface area contributed by atoms with E-state index in [4.69, 9.17) is 0 Å². The third-order valence-corrected chi connectivity index (χ3v) is 6.01. The zero-order valence-electron chi connectivity index (χ0n) is 15.3. The summed E-state index contributed by atoms with van der Waals surface area (Å²) < 4.78 is 0. The fourth-order valence-corrected chi connectivity index (χ4v) is 4.60. The van der Waals surface area contributed by atoms with Crippen LogP contribution >= 0.6 is 11.3 Å². The van der Waals surface area contributed by atoms with Crippen LogP contribution in [-0.2, 0) is 4.79 Å². The van der Waals surface area contributed by atoms with Gasteiger partial charge in [-0.1, -0.05) is 50.2 Å². The summed E-state index contributed by atoms with van der Waals surface area (Å²) in [6, 6.07) is 14.9. The van der Waals surface area contributed by atoms with Crippen LogP contribution in [0.25, 0.3) is 0 Å². The molecule has 2 heterocycles. The first kappa shape index (κ1) is 18.2. The molecule has 1 amide bonds. The first-order valence-corrected chi connectivity index (χ1v) is 10.1. The maximum atomic E-state index is 13.1. The van der Waals surface area contributed by atoms with Crippen molar-refractivity contribution in [3.8, 4) is 0 Å². The number of carbonyl (C=O) groups excluding carboxylic acids is 1. The van der Waals surface area contributed by atoms with Crippen molar-refractivity contribution in [2.24, 2.45) is 5.92 Å². The Morgan fingerprint density at radius 2 is 1.92 bits per heavy atom. The Labute approximate surface area is 155 Å². The van der Waals surface area contributed by atoms with Gasteiger partial charge in [0, 0.05) is 17.5 Å². The van der Waals surface area contributed by atoms with Gasteiger partial charge in [-0.3, -0.25) is 10.1 Å². The molecule has 0 spiro atoms. The van der Waals surface area contributed by atoms with Crippen LogP contribution in [0.4, 0.5) is 0 Å². The normalized spacial score (nSPS) is 20.0. The molecular formula is C21H28N2OS. The van der Waals surface area contributed by atoms with E-state index in [1.54, 1.807) is 11.3 Å². The molecule has 3 unspecified atom stereocenters. The highest BCUT2D eigenvalue weighted by atomic mass is 32.1. The smallest absolute Gasteiger partial charge is 0.239 e. The van der Waals surface area contributed by atoms with Gasteiger partial charge in [0.2, 0.25) is 5.91 Å². The number of carbonyl (C=O) groups is 1. The van der Waals surface area contributed by atoms with Crippen molar-refractivity contribution in [3.05, 3.63) is 58.3 Å². The molecule has 1 N–H and O–H groups in total. The van der Waals surface area contributed by atoms with Crippen LogP contribution in [0.2, 0.25) is 0 Å². The van der Waals surface area contributed by atoms with Crippen LogP contribution < -0.4 is 5.32 Å². The molecule has 1 fully saturated rings. The van der Waals surface area contributed by atoms with Crippen molar-refractivity contribution < 1.29 is 4.79 Å². The van der Waals surface area contributed by atoms with Gasteiger partial charge in [0.15, 0.2) is 0 Å². The predicted molar refractivity (Wildman–Crippen MR) is 105 cm³/mol. The van der Waals surface area contributed by atoms with Crippen molar-refractivity contribution in [2.45, 2.75) is 51.7 Å². The number of rotatable bonds is 6. The average molecular weight is 357 g/mol. The zero-order chi connectivity index (χ0) is 17.8. The topological polar surface area (TPSA) is 32.3 Å². The second kappa shape index (κ2) is 8.15. The summed E-state index contributed by atoms with van der Waals surface area (Å²) >= 11 is 1.75. The molecular weight excluding hydrogens is 328 g/mol. The summed E-state index contributed by atoms with van der Waals surface area (Å²) in [6.07, 6.45) is 2.17. The van der Waals surface area contributed by atoms with Gasteiger partial charge >= 0.3 is 0 Å². The Morgan fingerprint density at radius 3 is 2.56 bits per heavy atom. The van der Waals surface area contributed by atoms with E-state index in [2.05, 4.69) is 65.8 Å². The highest BCUT2D eigenvalue weighted by Crippen LogP contribution is 2.35. The minimum Gasteiger partial charge on any atom is -0.333 e. The Hall–Kier alpha value is -1.65. The van der Waals surface area contributed by atoms with Crippen LogP contribution in [0.3, 0.4) is 0 Å². The first-order chi connectivity index (χ1) is 12.1. The largest absolute Gasteiger partial charge is 0.333 e. The first-order valence-electron chi connectivity index (χ1n) is 9.23. The van der Waals surface area contributed by atoms with Crippen molar-refractivity contribution in [2.75, 3.05) is 6.54 Å². The number of nitrogens with one attached hydrogen (secondary N) is 1. The van der Waals surface area contributed by atoms with Crippen LogP contribution in [0.5, 0.6) is 0 Å². The molecule has 0 saturated carbocycles. The lowest BCUT2D eigenvalue weighted by Gasteiger charge is -2.31. The number of nitrogens with zero attached hydrogens (tertiary/aromatic N) is 1. The van der Waals surface area contributed by atoms with Gasteiger partial charge in [-0.05, 0) is 42.7 Å². The van der Waals surface area contributed by atoms with Crippen molar-refractivity contribution in [3.63, 3.8) is 0 Å². The second-order valence-corrected chi connectivity index (χ2v) is 8.21. The lowest BCUT2D eigenvalue weighted by atomic mass is 9.95. The van der Waals surface area contributed by atoms with Gasteiger partial charge < -0.3 is 4.90 Å². The van der Waals surface area contributed by atoms with Gasteiger partial charge in [0.1, 0.15) is 0 Å². The van der Waals surface area contributed by atoms with E-state index in [-0.39, 0.29) is 24.0 Å². The lowest BCUT2D eigenvalue weighted by Crippen LogP contribution is -2.46. The summed E-state index contributed by atoms with van der Waals surface area (Å²) in [5.41, 5.74) is 1.24. The number of hydrogen-bond acceptors (Lipinski definition) is 3. The third kappa shape index (κ3) is 4.13. The summed E-state index contributed by atoms with van der Waals surface area (Å²) in [4.78, 5) is 16.5. The highest BCUT2D eigenvalue weighted by Gasteiger charge is 2.33. The Kier molecular flexibility index (Phi) is 5.92. The van der Waals surface area contributed by atoms with E-state index in [0.29, 0.717) is 5.92 Å². The number of thiophene rings is 1. The highest BCUT2D eigenvalue weighted by molar-refractivity contribution is 7.10. The van der Waals surface area contributed by atoms with E-state index < -0.39 is 0 Å². The Morgan fingerprint density at radius 1 is 1.16 bits per heavy atom. The zero-order valence-corrected chi connectivity index (χ0v) is 16.1. The molecule has 1 aromatic heterocycles. The predicted octanol–water partition coefficient (Wildman–Crippen LogP) is 4.79. The summed E-state index contributed by atoms with van der Waals surface area (Å²) in [5, 5.41) is 5.69. The van der Waals surface area contributed by atoms with E-state index >= 15 is 0 Å². The Balaban J connectivity index is 1.71. The molecule has 1 aliphatic heterocycles. The summed E-state index contributed by atoms with van der Waals surface area (Å²) in [7, 11) is 0. The van der Waals surface area contributed by atoms with Crippen molar-refractivity contribution >= 4 is 17.2 Å². The molecule has 0 bridgehead atoms. The van der Waals surface area contributed by atoms with Crippen LogP contribution in [-0.4, -0.2) is 23.4 Å². The van der Waals surface area contributed by atoms with Crippen molar-refractivity contribution in [1.82, 2.24) is 10.2 Å². The molecule has 1 saturated heterocycles. The molecule has 25 heavy (non-hydrogen) atoms. The number of hydrogen-bond donors (Lipinski definition) is 1. The minimum absolute atomic E-state index is 0.183. The molecule has 0 radical (unpaired) electrons. The third-order valence-electron chi connectivity index (χ3n) is 5.03. The van der Waals surface area contributed by atoms with Gasteiger partial charge in [-0.15, -0.1) is 11.3 Å². The van der Waals surface area contributed by atoms with Gasteiger partial charge in [0.05, 0.1) is 12.1 Å². The fourth-order valence-electron chi connectivity index (χ4n) is 3.73. The molecule has 2 aromatic rings. The van der Waals surface area contributed by atoms with Crippen molar-refractivity contribution in [1.29, 1.82) is 0 Å². The summed E-state index contributed by atoms with van der Waals surface area (Å²) in [5.74, 6) is 0.641. The Bertz CT molecular complexity index is 668. The SMILES string of the molecule is CC(NC(c1ccccc1)C(C)C)C(=O)N1CCCC1c1cccs1.